The van der Waals surface area contributed by atoms with Crippen molar-refractivity contribution in [1.82, 2.24) is 9.97 Å². The Hall–Kier alpha value is -3.57. The van der Waals surface area contributed by atoms with Crippen LogP contribution in [-0.2, 0) is 15.7 Å². The summed E-state index contributed by atoms with van der Waals surface area (Å²) >= 11 is 0. The fourth-order valence-corrected chi connectivity index (χ4v) is 4.11. The molecule has 0 radical (unpaired) electrons. The first-order valence-corrected chi connectivity index (χ1v) is 12.2. The van der Waals surface area contributed by atoms with Gasteiger partial charge in [0.15, 0.2) is 5.75 Å². The molecule has 0 saturated carbocycles. The number of alkyl halides is 3. The number of anilines is 2. The third-order valence-electron chi connectivity index (χ3n) is 6.03. The summed E-state index contributed by atoms with van der Waals surface area (Å²) in [6.45, 7) is 4.50. The van der Waals surface area contributed by atoms with Gasteiger partial charge in [0.05, 0.1) is 42.9 Å². The fourth-order valence-electron chi connectivity index (χ4n) is 4.11. The third-order valence-corrected chi connectivity index (χ3v) is 6.03. The number of halogens is 3. The zero-order valence-corrected chi connectivity index (χ0v) is 20.8. The number of benzene rings is 1. The molecule has 202 valence electrons. The molecule has 2 atom stereocenters. The Morgan fingerprint density at radius 1 is 1.16 bits per heavy atom. The van der Waals surface area contributed by atoms with Crippen molar-refractivity contribution in [2.45, 2.75) is 70.6 Å². The number of aromatic nitrogens is 2. The molecular formula is C25H31F3N4O5. The molecule has 0 fully saturated rings. The highest BCUT2D eigenvalue weighted by Gasteiger charge is 2.38. The number of amides is 1. The van der Waals surface area contributed by atoms with Gasteiger partial charge in [-0.3, -0.25) is 9.69 Å². The normalized spacial score (nSPS) is 17.2. The van der Waals surface area contributed by atoms with Crippen LogP contribution in [0, 0.1) is 0 Å². The van der Waals surface area contributed by atoms with Crippen LogP contribution in [0.2, 0.25) is 0 Å². The molecule has 3 rings (SSSR count). The van der Waals surface area contributed by atoms with Gasteiger partial charge in [0, 0.05) is 12.5 Å². The van der Waals surface area contributed by atoms with Crippen molar-refractivity contribution >= 4 is 23.7 Å². The van der Waals surface area contributed by atoms with Gasteiger partial charge in [-0.25, -0.2) is 14.8 Å². The molecule has 9 nitrogen and oxygen atoms in total. The number of hydrogen-bond acceptors (Lipinski definition) is 7. The number of nitrogens with zero attached hydrogens (tertiary/aromatic N) is 3. The van der Waals surface area contributed by atoms with Crippen LogP contribution in [0.3, 0.4) is 0 Å². The Balaban J connectivity index is 1.67. The zero-order valence-electron chi connectivity index (χ0n) is 20.8. The molecule has 1 aromatic heterocycles. The summed E-state index contributed by atoms with van der Waals surface area (Å²) in [6.07, 6.45) is 0.237. The molecule has 1 aromatic carbocycles. The Kier molecular flexibility index (Phi) is 9.54. The quantitative estimate of drug-likeness (QED) is 0.279. The Bertz CT molecular complexity index is 1070. The Morgan fingerprint density at radius 2 is 1.89 bits per heavy atom. The summed E-state index contributed by atoms with van der Waals surface area (Å²) < 4.78 is 50.8. The van der Waals surface area contributed by atoms with E-state index in [1.165, 1.54) is 18.5 Å². The van der Waals surface area contributed by atoms with Crippen LogP contribution in [-0.4, -0.2) is 46.4 Å². The molecule has 2 heterocycles. The molecule has 2 N–H and O–H groups in total. The molecule has 12 heteroatoms. The SMILES string of the molecule is CCCCOC(=O)CCCOc1cnc(NC2CC(CC)N(C(=O)O)c3ccc(C(F)(F)F)cc32)nc1. The molecule has 2 unspecified atom stereocenters. The van der Waals surface area contributed by atoms with E-state index in [0.717, 1.165) is 29.9 Å². The lowest BCUT2D eigenvalue weighted by atomic mass is 9.89. The van der Waals surface area contributed by atoms with Gasteiger partial charge in [-0.2, -0.15) is 13.2 Å². The maximum absolute atomic E-state index is 13.4. The number of hydrogen-bond donors (Lipinski definition) is 2. The number of nitrogens with one attached hydrogen (secondary N) is 1. The lowest BCUT2D eigenvalue weighted by Gasteiger charge is -2.39. The molecular weight excluding hydrogens is 493 g/mol. The second-order valence-corrected chi connectivity index (χ2v) is 8.69. The molecule has 2 aromatic rings. The third kappa shape index (κ3) is 7.46. The topological polar surface area (TPSA) is 114 Å². The largest absolute Gasteiger partial charge is 0.490 e. The molecule has 0 bridgehead atoms. The smallest absolute Gasteiger partial charge is 0.416 e. The van der Waals surface area contributed by atoms with E-state index >= 15 is 0 Å². The number of carbonyl (C=O) groups excluding carboxylic acids is 1. The minimum atomic E-state index is -4.57. The van der Waals surface area contributed by atoms with Crippen LogP contribution in [0.15, 0.2) is 30.6 Å². The van der Waals surface area contributed by atoms with Gasteiger partial charge >= 0.3 is 18.2 Å². The van der Waals surface area contributed by atoms with E-state index < -0.39 is 29.9 Å². The molecule has 1 aliphatic heterocycles. The standard InChI is InChI=1S/C25H31F3N4O5/c1-3-5-10-37-22(33)7-6-11-36-18-14-29-23(30-15-18)31-20-13-17(4-2)32(24(34)35)21-9-8-16(12-19(20)21)25(26,27)28/h8-9,12,14-15,17,20H,3-7,10-11,13H2,1-2H3,(H,34,35)(H,29,30,31). The van der Waals surface area contributed by atoms with Crippen LogP contribution >= 0.6 is 0 Å². The second-order valence-electron chi connectivity index (χ2n) is 8.69. The van der Waals surface area contributed by atoms with Gasteiger partial charge in [0.1, 0.15) is 0 Å². The van der Waals surface area contributed by atoms with Crippen LogP contribution in [0.4, 0.5) is 29.6 Å². The molecule has 0 saturated heterocycles. The molecule has 1 aliphatic rings. The lowest BCUT2D eigenvalue weighted by molar-refractivity contribution is -0.144. The van der Waals surface area contributed by atoms with Gasteiger partial charge in [-0.15, -0.1) is 0 Å². The van der Waals surface area contributed by atoms with Crippen molar-refractivity contribution in [3.63, 3.8) is 0 Å². The van der Waals surface area contributed by atoms with E-state index in [1.807, 2.05) is 13.8 Å². The van der Waals surface area contributed by atoms with E-state index in [4.69, 9.17) is 9.47 Å². The number of carboxylic acid groups (broad SMARTS) is 1. The number of rotatable bonds is 11. The van der Waals surface area contributed by atoms with Crippen LogP contribution in [0.25, 0.3) is 0 Å². The van der Waals surface area contributed by atoms with Crippen LogP contribution in [0.1, 0.15) is 69.5 Å². The average Bonchev–Trinajstić information content (AvgIpc) is 2.86. The van der Waals surface area contributed by atoms with Crippen molar-refractivity contribution in [3.05, 3.63) is 41.7 Å². The molecule has 1 amide bonds. The van der Waals surface area contributed by atoms with E-state index in [-0.39, 0.29) is 42.6 Å². The van der Waals surface area contributed by atoms with E-state index in [1.54, 1.807) is 0 Å². The first kappa shape index (κ1) is 28.0. The van der Waals surface area contributed by atoms with Crippen molar-refractivity contribution in [2.75, 3.05) is 23.4 Å². The summed E-state index contributed by atoms with van der Waals surface area (Å²) in [5.41, 5.74) is -0.460. The van der Waals surface area contributed by atoms with Crippen LogP contribution in [0.5, 0.6) is 5.75 Å². The highest BCUT2D eigenvalue weighted by atomic mass is 19.4. The van der Waals surface area contributed by atoms with Gasteiger partial charge in [0.25, 0.3) is 0 Å². The number of esters is 1. The maximum Gasteiger partial charge on any atom is 0.416 e. The van der Waals surface area contributed by atoms with Crippen molar-refractivity contribution < 1.29 is 37.3 Å². The Labute approximate surface area is 213 Å². The fraction of sp³-hybridized carbons (Fsp3) is 0.520. The van der Waals surface area contributed by atoms with Gasteiger partial charge in [0.2, 0.25) is 5.95 Å². The number of carbonyl (C=O) groups is 2. The minimum Gasteiger partial charge on any atom is -0.490 e. The summed E-state index contributed by atoms with van der Waals surface area (Å²) in [7, 11) is 0. The van der Waals surface area contributed by atoms with Gasteiger partial charge in [-0.1, -0.05) is 20.3 Å². The van der Waals surface area contributed by atoms with E-state index in [9.17, 15) is 27.9 Å². The summed E-state index contributed by atoms with van der Waals surface area (Å²) in [4.78, 5) is 33.0. The zero-order chi connectivity index (χ0) is 27.0. The van der Waals surface area contributed by atoms with Gasteiger partial charge < -0.3 is 19.9 Å². The molecule has 0 spiro atoms. The maximum atomic E-state index is 13.4. The lowest BCUT2D eigenvalue weighted by Crippen LogP contribution is -2.45. The average molecular weight is 525 g/mol. The second kappa shape index (κ2) is 12.6. The van der Waals surface area contributed by atoms with Crippen LogP contribution < -0.4 is 15.0 Å². The predicted molar refractivity (Wildman–Crippen MR) is 130 cm³/mol. The van der Waals surface area contributed by atoms with E-state index in [2.05, 4.69) is 15.3 Å². The Morgan fingerprint density at radius 3 is 2.51 bits per heavy atom. The van der Waals surface area contributed by atoms with Gasteiger partial charge in [-0.05, 0) is 49.4 Å². The first-order chi connectivity index (χ1) is 17.6. The van der Waals surface area contributed by atoms with Crippen molar-refractivity contribution in [2.24, 2.45) is 0 Å². The summed E-state index contributed by atoms with van der Waals surface area (Å²) in [6, 6.07) is 1.98. The predicted octanol–water partition coefficient (Wildman–Crippen LogP) is 5.82. The van der Waals surface area contributed by atoms with E-state index in [0.29, 0.717) is 25.2 Å². The number of fused-ring (bicyclic) bond motifs is 1. The summed E-state index contributed by atoms with van der Waals surface area (Å²) in [5.74, 6) is 0.261. The first-order valence-electron chi connectivity index (χ1n) is 12.2. The van der Waals surface area contributed by atoms with Crippen molar-refractivity contribution in [1.29, 1.82) is 0 Å². The highest BCUT2D eigenvalue weighted by Crippen LogP contribution is 2.42. The summed E-state index contributed by atoms with van der Waals surface area (Å²) in [5, 5.41) is 12.8. The molecule has 0 aliphatic carbocycles. The minimum absolute atomic E-state index is 0.166. The molecule has 37 heavy (non-hydrogen) atoms. The van der Waals surface area contributed by atoms with Crippen molar-refractivity contribution in [3.8, 4) is 5.75 Å². The monoisotopic (exact) mass is 524 g/mol. The highest BCUT2D eigenvalue weighted by molar-refractivity contribution is 5.89. The number of unbranched alkanes of at least 4 members (excludes halogenated alkanes) is 1. The number of ether oxygens (including phenoxy) is 2.